The van der Waals surface area contributed by atoms with E-state index in [4.69, 9.17) is 4.74 Å². The summed E-state index contributed by atoms with van der Waals surface area (Å²) in [6, 6.07) is 22.1. The van der Waals surface area contributed by atoms with E-state index in [0.29, 0.717) is 12.2 Å². The highest BCUT2D eigenvalue weighted by Crippen LogP contribution is 2.22. The molecule has 1 saturated heterocycles. The Morgan fingerprint density at radius 1 is 0.923 bits per heavy atom. The van der Waals surface area contributed by atoms with Gasteiger partial charge in [0.1, 0.15) is 6.10 Å². The molecule has 0 bridgehead atoms. The van der Waals surface area contributed by atoms with Crippen LogP contribution >= 0.6 is 0 Å². The molecule has 0 N–H and O–H groups in total. The van der Waals surface area contributed by atoms with Crippen molar-refractivity contribution in [3.8, 4) is 11.3 Å². The zero-order valence-electron chi connectivity index (χ0n) is 14.0. The van der Waals surface area contributed by atoms with Crippen molar-refractivity contribution in [2.24, 2.45) is 0 Å². The topological polar surface area (TPSA) is 64.4 Å². The van der Waals surface area contributed by atoms with Gasteiger partial charge in [-0.25, -0.2) is 9.48 Å². The Labute approximate surface area is 150 Å². The number of rotatable bonds is 4. The molecule has 0 radical (unpaired) electrons. The quantitative estimate of drug-likeness (QED) is 0.728. The van der Waals surface area contributed by atoms with Crippen molar-refractivity contribution in [2.45, 2.75) is 12.6 Å². The Hall–Kier alpha value is -3.41. The van der Waals surface area contributed by atoms with E-state index in [1.54, 1.807) is 11.0 Å². The lowest BCUT2D eigenvalue weighted by Gasteiger charge is -2.13. The summed E-state index contributed by atoms with van der Waals surface area (Å²) in [7, 11) is 0. The molecule has 6 nitrogen and oxygen atoms in total. The van der Waals surface area contributed by atoms with E-state index in [9.17, 15) is 9.59 Å². The van der Waals surface area contributed by atoms with Crippen molar-refractivity contribution < 1.29 is 9.53 Å². The second-order valence-electron chi connectivity index (χ2n) is 6.06. The van der Waals surface area contributed by atoms with E-state index in [-0.39, 0.29) is 12.1 Å². The van der Waals surface area contributed by atoms with E-state index in [1.165, 1.54) is 10.7 Å². The van der Waals surface area contributed by atoms with Crippen LogP contribution in [-0.4, -0.2) is 28.5 Å². The maximum Gasteiger partial charge on any atom is 0.414 e. The molecule has 0 spiro atoms. The minimum Gasteiger partial charge on any atom is -0.442 e. The van der Waals surface area contributed by atoms with Gasteiger partial charge in [0.15, 0.2) is 0 Å². The number of ether oxygens (including phenoxy) is 1. The SMILES string of the molecule is O=C1O[C@H](Cn2nc(-c3ccccc3)ccc2=O)CN1c1ccccc1. The molecular weight excluding hydrogens is 330 g/mol. The van der Waals surface area contributed by atoms with Crippen LogP contribution in [0.5, 0.6) is 0 Å². The second-order valence-corrected chi connectivity index (χ2v) is 6.06. The zero-order valence-corrected chi connectivity index (χ0v) is 14.0. The Bertz CT molecular complexity index is 970. The summed E-state index contributed by atoms with van der Waals surface area (Å²) in [5.74, 6) is 0. The van der Waals surface area contributed by atoms with Gasteiger partial charge in [0.2, 0.25) is 0 Å². The van der Waals surface area contributed by atoms with E-state index < -0.39 is 12.2 Å². The number of hydrogen-bond donors (Lipinski definition) is 0. The lowest BCUT2D eigenvalue weighted by molar-refractivity contribution is 0.128. The molecule has 3 aromatic rings. The van der Waals surface area contributed by atoms with Crippen LogP contribution < -0.4 is 10.5 Å². The molecule has 0 aliphatic carbocycles. The van der Waals surface area contributed by atoms with Crippen LogP contribution in [0.2, 0.25) is 0 Å². The van der Waals surface area contributed by atoms with Gasteiger partial charge in [-0.3, -0.25) is 9.69 Å². The standard InChI is InChI=1S/C20H17N3O3/c24-19-12-11-18(15-7-3-1-4-8-15)21-23(19)14-17-13-22(20(25)26-17)16-9-5-2-6-10-16/h1-12,17H,13-14H2/t17-/m0/s1. The van der Waals surface area contributed by atoms with Crippen LogP contribution in [0, 0.1) is 0 Å². The highest BCUT2D eigenvalue weighted by molar-refractivity contribution is 5.89. The van der Waals surface area contributed by atoms with Gasteiger partial charge in [-0.1, -0.05) is 48.5 Å². The van der Waals surface area contributed by atoms with Crippen LogP contribution in [0.4, 0.5) is 10.5 Å². The molecule has 1 fully saturated rings. The van der Waals surface area contributed by atoms with Crippen LogP contribution in [-0.2, 0) is 11.3 Å². The van der Waals surface area contributed by atoms with Gasteiger partial charge in [0.25, 0.3) is 5.56 Å². The van der Waals surface area contributed by atoms with Gasteiger partial charge in [0.05, 0.1) is 18.8 Å². The second kappa shape index (κ2) is 6.84. The third-order valence-corrected chi connectivity index (χ3v) is 4.25. The van der Waals surface area contributed by atoms with Crippen LogP contribution in [0.25, 0.3) is 11.3 Å². The van der Waals surface area contributed by atoms with Gasteiger partial charge in [-0.15, -0.1) is 0 Å². The molecule has 0 saturated carbocycles. The van der Waals surface area contributed by atoms with Gasteiger partial charge in [-0.05, 0) is 18.2 Å². The number of carbonyl (C=O) groups excluding carboxylic acids is 1. The fourth-order valence-corrected chi connectivity index (χ4v) is 2.97. The predicted octanol–water partition coefficient (Wildman–Crippen LogP) is 2.94. The van der Waals surface area contributed by atoms with Crippen molar-refractivity contribution in [1.82, 2.24) is 9.78 Å². The first kappa shape index (κ1) is 16.1. The Kier molecular flexibility index (Phi) is 4.23. The third kappa shape index (κ3) is 3.21. The minimum atomic E-state index is -0.432. The summed E-state index contributed by atoms with van der Waals surface area (Å²) in [6.07, 6.45) is -0.840. The largest absolute Gasteiger partial charge is 0.442 e. The third-order valence-electron chi connectivity index (χ3n) is 4.25. The van der Waals surface area contributed by atoms with Gasteiger partial charge < -0.3 is 4.74 Å². The number of anilines is 1. The Morgan fingerprint density at radius 2 is 1.62 bits per heavy atom. The monoisotopic (exact) mass is 347 g/mol. The smallest absolute Gasteiger partial charge is 0.414 e. The Balaban J connectivity index is 1.55. The average Bonchev–Trinajstić information content (AvgIpc) is 3.05. The number of cyclic esters (lactones) is 1. The van der Waals surface area contributed by atoms with Crippen molar-refractivity contribution in [1.29, 1.82) is 0 Å². The van der Waals surface area contributed by atoms with Crippen molar-refractivity contribution in [3.63, 3.8) is 0 Å². The molecule has 1 aliphatic rings. The maximum atomic E-state index is 12.2. The maximum absolute atomic E-state index is 12.2. The van der Waals surface area contributed by atoms with Crippen LogP contribution in [0.1, 0.15) is 0 Å². The zero-order chi connectivity index (χ0) is 17.9. The summed E-state index contributed by atoms with van der Waals surface area (Å²) in [5, 5.41) is 4.42. The Morgan fingerprint density at radius 3 is 2.35 bits per heavy atom. The number of amides is 1. The first-order chi connectivity index (χ1) is 12.7. The number of carbonyl (C=O) groups is 1. The summed E-state index contributed by atoms with van der Waals surface area (Å²) in [4.78, 5) is 25.9. The van der Waals surface area contributed by atoms with Crippen LogP contribution in [0.15, 0.2) is 77.6 Å². The van der Waals surface area contributed by atoms with E-state index >= 15 is 0 Å². The molecule has 130 valence electrons. The molecule has 4 rings (SSSR count). The van der Waals surface area contributed by atoms with Gasteiger partial charge >= 0.3 is 6.09 Å². The average molecular weight is 347 g/mol. The molecule has 6 heteroatoms. The normalized spacial score (nSPS) is 16.5. The number of benzene rings is 2. The van der Waals surface area contributed by atoms with Crippen molar-refractivity contribution in [3.05, 3.63) is 83.2 Å². The number of hydrogen-bond acceptors (Lipinski definition) is 4. The summed E-state index contributed by atoms with van der Waals surface area (Å²) in [6.45, 7) is 0.598. The first-order valence-corrected chi connectivity index (χ1v) is 8.37. The summed E-state index contributed by atoms with van der Waals surface area (Å²) in [5.41, 5.74) is 2.18. The molecular formula is C20H17N3O3. The molecule has 2 aromatic carbocycles. The lowest BCUT2D eigenvalue weighted by atomic mass is 10.1. The lowest BCUT2D eigenvalue weighted by Crippen LogP contribution is -2.31. The molecule has 1 aliphatic heterocycles. The van der Waals surface area contributed by atoms with Crippen molar-refractivity contribution >= 4 is 11.8 Å². The van der Waals surface area contributed by atoms with Gasteiger partial charge in [0, 0.05) is 17.3 Å². The van der Waals surface area contributed by atoms with E-state index in [2.05, 4.69) is 5.10 Å². The fraction of sp³-hybridized carbons (Fsp3) is 0.150. The first-order valence-electron chi connectivity index (χ1n) is 8.37. The summed E-state index contributed by atoms with van der Waals surface area (Å²) >= 11 is 0. The van der Waals surface area contributed by atoms with Gasteiger partial charge in [-0.2, -0.15) is 5.10 Å². The number of para-hydroxylation sites is 1. The minimum absolute atomic E-state index is 0.217. The molecule has 26 heavy (non-hydrogen) atoms. The molecule has 2 heterocycles. The molecule has 1 aromatic heterocycles. The molecule has 1 atom stereocenters. The summed E-state index contributed by atoms with van der Waals surface area (Å²) < 4.78 is 6.78. The highest BCUT2D eigenvalue weighted by Gasteiger charge is 2.32. The fourth-order valence-electron chi connectivity index (χ4n) is 2.97. The van der Waals surface area contributed by atoms with Crippen molar-refractivity contribution in [2.75, 3.05) is 11.4 Å². The number of aromatic nitrogens is 2. The van der Waals surface area contributed by atoms with E-state index in [1.807, 2.05) is 60.7 Å². The van der Waals surface area contributed by atoms with E-state index in [0.717, 1.165) is 11.3 Å². The number of nitrogens with zero attached hydrogens (tertiary/aromatic N) is 3. The highest BCUT2D eigenvalue weighted by atomic mass is 16.6. The molecule has 1 amide bonds. The van der Waals surface area contributed by atoms with Crippen LogP contribution in [0.3, 0.4) is 0 Å². The molecule has 0 unspecified atom stereocenters. The predicted molar refractivity (Wildman–Crippen MR) is 98.0 cm³/mol.